The molecule has 1 aromatic carbocycles. The molecule has 0 spiro atoms. The van der Waals surface area contributed by atoms with Crippen molar-refractivity contribution in [3.8, 4) is 0 Å². The highest BCUT2D eigenvalue weighted by Crippen LogP contribution is 2.18. The number of carbonyl (C=O) groups is 1. The van der Waals surface area contributed by atoms with Gasteiger partial charge in [0.2, 0.25) is 0 Å². The van der Waals surface area contributed by atoms with Gasteiger partial charge in [-0.3, -0.25) is 9.78 Å². The van der Waals surface area contributed by atoms with Crippen molar-refractivity contribution in [2.75, 3.05) is 13.1 Å². The number of para-hydroxylation sites is 1. The van der Waals surface area contributed by atoms with Crippen molar-refractivity contribution in [1.82, 2.24) is 15.6 Å². The van der Waals surface area contributed by atoms with E-state index in [1.54, 1.807) is 0 Å². The molecular weight excluding hydrogens is 262 g/mol. The Hall–Kier alpha value is -1.94. The van der Waals surface area contributed by atoms with Gasteiger partial charge >= 0.3 is 0 Å². The summed E-state index contributed by atoms with van der Waals surface area (Å²) in [7, 11) is 0. The fourth-order valence-electron chi connectivity index (χ4n) is 2.92. The normalized spacial score (nSPS) is 19.2. The number of aryl methyl sites for hydroxylation is 1. The van der Waals surface area contributed by atoms with Crippen molar-refractivity contribution < 1.29 is 4.79 Å². The lowest BCUT2D eigenvalue weighted by Gasteiger charge is -2.17. The van der Waals surface area contributed by atoms with Crippen LogP contribution in [-0.4, -0.2) is 30.0 Å². The number of nitrogens with zero attached hydrogens (tertiary/aromatic N) is 1. The Balaban J connectivity index is 1.87. The molecule has 3 rings (SSSR count). The fraction of sp³-hybridized carbons (Fsp3) is 0.412. The summed E-state index contributed by atoms with van der Waals surface area (Å²) in [6, 6.07) is 9.96. The maximum absolute atomic E-state index is 12.6. The first-order valence-electron chi connectivity index (χ1n) is 7.62. The number of aromatic nitrogens is 1. The molecule has 1 saturated heterocycles. The Kier molecular flexibility index (Phi) is 4.15. The first-order valence-corrected chi connectivity index (χ1v) is 7.62. The summed E-state index contributed by atoms with van der Waals surface area (Å²) < 4.78 is 0. The number of pyridine rings is 1. The second-order valence-electron chi connectivity index (χ2n) is 5.68. The number of amides is 1. The third-order valence-electron chi connectivity index (χ3n) is 4.00. The highest BCUT2D eigenvalue weighted by molar-refractivity contribution is 6.06. The Morgan fingerprint density at radius 3 is 3.05 bits per heavy atom. The van der Waals surface area contributed by atoms with E-state index >= 15 is 0 Å². The SMILES string of the molecule is Cc1cc(C(=O)NC2CCCNCC2)c2ccccc2n1. The van der Waals surface area contributed by atoms with Gasteiger partial charge in [-0.25, -0.2) is 0 Å². The van der Waals surface area contributed by atoms with Gasteiger partial charge in [0.05, 0.1) is 11.1 Å². The quantitative estimate of drug-likeness (QED) is 0.890. The third kappa shape index (κ3) is 3.22. The van der Waals surface area contributed by atoms with Crippen molar-refractivity contribution in [3.05, 3.63) is 41.6 Å². The molecule has 0 saturated carbocycles. The molecular formula is C17H21N3O. The zero-order chi connectivity index (χ0) is 14.7. The van der Waals surface area contributed by atoms with E-state index in [0.29, 0.717) is 0 Å². The molecule has 4 nitrogen and oxygen atoms in total. The van der Waals surface area contributed by atoms with Gasteiger partial charge in [0, 0.05) is 17.1 Å². The van der Waals surface area contributed by atoms with Gasteiger partial charge in [0.1, 0.15) is 0 Å². The minimum absolute atomic E-state index is 0.0172. The van der Waals surface area contributed by atoms with Gasteiger partial charge < -0.3 is 10.6 Å². The molecule has 4 heteroatoms. The number of carbonyl (C=O) groups excluding carboxylic acids is 1. The Bertz CT molecular complexity index is 646. The molecule has 1 fully saturated rings. The zero-order valence-electron chi connectivity index (χ0n) is 12.4. The van der Waals surface area contributed by atoms with Crippen LogP contribution in [0.1, 0.15) is 35.3 Å². The van der Waals surface area contributed by atoms with Crippen molar-refractivity contribution >= 4 is 16.8 Å². The van der Waals surface area contributed by atoms with Crippen LogP contribution in [0.25, 0.3) is 10.9 Å². The monoisotopic (exact) mass is 283 g/mol. The van der Waals surface area contributed by atoms with Gasteiger partial charge in [-0.2, -0.15) is 0 Å². The molecule has 0 bridgehead atoms. The van der Waals surface area contributed by atoms with Crippen LogP contribution in [0, 0.1) is 6.92 Å². The lowest BCUT2D eigenvalue weighted by atomic mass is 10.0. The Morgan fingerprint density at radius 2 is 2.14 bits per heavy atom. The molecule has 1 amide bonds. The first kappa shape index (κ1) is 14.0. The lowest BCUT2D eigenvalue weighted by Crippen LogP contribution is -2.35. The molecule has 2 heterocycles. The lowest BCUT2D eigenvalue weighted by molar-refractivity contribution is 0.0935. The van der Waals surface area contributed by atoms with Crippen LogP contribution >= 0.6 is 0 Å². The summed E-state index contributed by atoms with van der Waals surface area (Å²) in [5.74, 6) is 0.0172. The van der Waals surface area contributed by atoms with E-state index in [1.165, 1.54) is 0 Å². The summed E-state index contributed by atoms with van der Waals surface area (Å²) in [6.45, 7) is 3.95. The van der Waals surface area contributed by atoms with E-state index in [-0.39, 0.29) is 11.9 Å². The maximum Gasteiger partial charge on any atom is 0.252 e. The van der Waals surface area contributed by atoms with Crippen molar-refractivity contribution in [2.45, 2.75) is 32.2 Å². The Labute approximate surface area is 125 Å². The van der Waals surface area contributed by atoms with Crippen LogP contribution < -0.4 is 10.6 Å². The summed E-state index contributed by atoms with van der Waals surface area (Å²) in [6.07, 6.45) is 3.15. The van der Waals surface area contributed by atoms with E-state index in [4.69, 9.17) is 0 Å². The van der Waals surface area contributed by atoms with E-state index < -0.39 is 0 Å². The van der Waals surface area contributed by atoms with Crippen LogP contribution in [0.4, 0.5) is 0 Å². The molecule has 2 aromatic rings. The molecule has 21 heavy (non-hydrogen) atoms. The second-order valence-corrected chi connectivity index (χ2v) is 5.68. The summed E-state index contributed by atoms with van der Waals surface area (Å²) in [4.78, 5) is 17.1. The van der Waals surface area contributed by atoms with Gasteiger partial charge in [-0.1, -0.05) is 18.2 Å². The molecule has 1 aromatic heterocycles. The fourth-order valence-corrected chi connectivity index (χ4v) is 2.92. The molecule has 0 radical (unpaired) electrons. The predicted molar refractivity (Wildman–Crippen MR) is 84.5 cm³/mol. The summed E-state index contributed by atoms with van der Waals surface area (Å²) in [5.41, 5.74) is 2.49. The summed E-state index contributed by atoms with van der Waals surface area (Å²) >= 11 is 0. The average Bonchev–Trinajstić information content (AvgIpc) is 2.75. The minimum Gasteiger partial charge on any atom is -0.349 e. The number of rotatable bonds is 2. The zero-order valence-corrected chi connectivity index (χ0v) is 12.4. The van der Waals surface area contributed by atoms with E-state index in [1.807, 2.05) is 37.3 Å². The molecule has 1 aliphatic rings. The largest absolute Gasteiger partial charge is 0.349 e. The molecule has 110 valence electrons. The summed E-state index contributed by atoms with van der Waals surface area (Å²) in [5, 5.41) is 7.48. The predicted octanol–water partition coefficient (Wildman–Crippen LogP) is 2.42. The van der Waals surface area contributed by atoms with Crippen LogP contribution in [0.15, 0.2) is 30.3 Å². The highest BCUT2D eigenvalue weighted by atomic mass is 16.1. The van der Waals surface area contributed by atoms with E-state index in [0.717, 1.165) is 54.5 Å². The molecule has 1 aliphatic heterocycles. The van der Waals surface area contributed by atoms with Crippen molar-refractivity contribution in [1.29, 1.82) is 0 Å². The van der Waals surface area contributed by atoms with Crippen molar-refractivity contribution in [2.24, 2.45) is 0 Å². The van der Waals surface area contributed by atoms with Crippen LogP contribution in [0.3, 0.4) is 0 Å². The van der Waals surface area contributed by atoms with E-state index in [2.05, 4.69) is 15.6 Å². The second kappa shape index (κ2) is 6.22. The van der Waals surface area contributed by atoms with E-state index in [9.17, 15) is 4.79 Å². The van der Waals surface area contributed by atoms with Crippen LogP contribution in [0.5, 0.6) is 0 Å². The highest BCUT2D eigenvalue weighted by Gasteiger charge is 2.17. The number of fused-ring (bicyclic) bond motifs is 1. The number of hydrogen-bond donors (Lipinski definition) is 2. The number of nitrogens with one attached hydrogen (secondary N) is 2. The molecule has 2 N–H and O–H groups in total. The van der Waals surface area contributed by atoms with Crippen LogP contribution in [-0.2, 0) is 0 Å². The smallest absolute Gasteiger partial charge is 0.252 e. The van der Waals surface area contributed by atoms with Gasteiger partial charge in [-0.05, 0) is 51.4 Å². The van der Waals surface area contributed by atoms with Gasteiger partial charge in [0.25, 0.3) is 5.91 Å². The molecule has 1 atom stereocenters. The first-order chi connectivity index (χ1) is 10.2. The number of hydrogen-bond acceptors (Lipinski definition) is 3. The molecule has 0 aliphatic carbocycles. The number of benzene rings is 1. The van der Waals surface area contributed by atoms with Crippen LogP contribution in [0.2, 0.25) is 0 Å². The van der Waals surface area contributed by atoms with Gasteiger partial charge in [0.15, 0.2) is 0 Å². The Morgan fingerprint density at radius 1 is 1.29 bits per heavy atom. The molecule has 1 unspecified atom stereocenters. The third-order valence-corrected chi connectivity index (χ3v) is 4.00. The maximum atomic E-state index is 12.6. The topological polar surface area (TPSA) is 54.0 Å². The standard InChI is InChI=1S/C17H21N3O/c1-12-11-15(14-6-2-3-7-16(14)19-12)17(21)20-13-5-4-9-18-10-8-13/h2-3,6-7,11,13,18H,4-5,8-10H2,1H3,(H,20,21). The minimum atomic E-state index is 0.0172. The average molecular weight is 283 g/mol. The van der Waals surface area contributed by atoms with Crippen molar-refractivity contribution in [3.63, 3.8) is 0 Å². The van der Waals surface area contributed by atoms with Gasteiger partial charge in [-0.15, -0.1) is 0 Å².